The Morgan fingerprint density at radius 2 is 1.89 bits per heavy atom. The third-order valence-corrected chi connectivity index (χ3v) is 6.27. The minimum absolute atomic E-state index is 0.0204. The van der Waals surface area contributed by atoms with Crippen LogP contribution in [-0.2, 0) is 4.79 Å². The Bertz CT molecular complexity index is 617. The maximum absolute atomic E-state index is 12.8. The van der Waals surface area contributed by atoms with Crippen molar-refractivity contribution in [1.29, 1.82) is 0 Å². The molecule has 1 fully saturated rings. The third-order valence-electron chi connectivity index (χ3n) is 5.40. The minimum Gasteiger partial charge on any atom is -0.352 e. The van der Waals surface area contributed by atoms with Gasteiger partial charge in [-0.2, -0.15) is 0 Å². The Morgan fingerprint density at radius 3 is 2.41 bits per heavy atom. The van der Waals surface area contributed by atoms with Crippen LogP contribution in [0.1, 0.15) is 57.6 Å². The van der Waals surface area contributed by atoms with E-state index in [-0.39, 0.29) is 23.3 Å². The van der Waals surface area contributed by atoms with E-state index >= 15 is 0 Å². The van der Waals surface area contributed by atoms with E-state index in [1.54, 1.807) is 6.07 Å². The number of likely N-dealkylation sites (tertiary alicyclic amines) is 1. The van der Waals surface area contributed by atoms with Gasteiger partial charge < -0.3 is 10.6 Å². The van der Waals surface area contributed by atoms with Crippen molar-refractivity contribution in [3.05, 3.63) is 22.4 Å². The Balaban J connectivity index is 1.95. The zero-order chi connectivity index (χ0) is 20.2. The standard InChI is InChI=1S/C21H35N3O2S/c1-14(2)18(23-19(25)17-8-7-9-27-17)20(26)22-13-21(5,6)24-11-15(3)10-16(4)12-24/h7-9,14-16,18H,10-13H2,1-6H3,(H,22,26)(H,23,25). The van der Waals surface area contributed by atoms with Crippen LogP contribution in [0.5, 0.6) is 0 Å². The predicted molar refractivity (Wildman–Crippen MR) is 112 cm³/mol. The van der Waals surface area contributed by atoms with E-state index in [1.165, 1.54) is 17.8 Å². The number of nitrogens with zero attached hydrogens (tertiary/aromatic N) is 1. The lowest BCUT2D eigenvalue weighted by atomic mass is 9.88. The van der Waals surface area contributed by atoms with Crippen molar-refractivity contribution in [2.75, 3.05) is 19.6 Å². The van der Waals surface area contributed by atoms with Gasteiger partial charge in [-0.25, -0.2) is 0 Å². The molecule has 0 radical (unpaired) electrons. The normalized spacial score (nSPS) is 22.5. The van der Waals surface area contributed by atoms with Gasteiger partial charge in [-0.15, -0.1) is 11.3 Å². The Kier molecular flexibility index (Phi) is 7.46. The van der Waals surface area contributed by atoms with E-state index in [2.05, 4.69) is 43.2 Å². The van der Waals surface area contributed by atoms with Crippen molar-refractivity contribution in [2.24, 2.45) is 17.8 Å². The Morgan fingerprint density at radius 1 is 1.26 bits per heavy atom. The molecule has 5 nitrogen and oxygen atoms in total. The molecule has 27 heavy (non-hydrogen) atoms. The lowest BCUT2D eigenvalue weighted by Crippen LogP contribution is -2.58. The van der Waals surface area contributed by atoms with Gasteiger partial charge in [0.05, 0.1) is 4.88 Å². The molecule has 2 N–H and O–H groups in total. The van der Waals surface area contributed by atoms with Crippen LogP contribution in [0.2, 0.25) is 0 Å². The molecule has 0 spiro atoms. The number of amides is 2. The summed E-state index contributed by atoms with van der Waals surface area (Å²) < 4.78 is 0. The summed E-state index contributed by atoms with van der Waals surface area (Å²) in [6, 6.07) is 3.08. The van der Waals surface area contributed by atoms with E-state index in [0.717, 1.165) is 13.1 Å². The second kappa shape index (κ2) is 9.20. The lowest BCUT2D eigenvalue weighted by Gasteiger charge is -2.45. The van der Waals surface area contributed by atoms with Gasteiger partial charge in [-0.05, 0) is 49.5 Å². The number of thiophene rings is 1. The number of carbonyl (C=O) groups is 2. The highest BCUT2D eigenvalue weighted by atomic mass is 32.1. The van der Waals surface area contributed by atoms with Crippen molar-refractivity contribution in [3.63, 3.8) is 0 Å². The summed E-state index contributed by atoms with van der Waals surface area (Å²) in [4.78, 5) is 28.3. The molecule has 0 bridgehead atoms. The molecule has 3 atom stereocenters. The SMILES string of the molecule is CC1CC(C)CN(C(C)(C)CNC(=O)C(NC(=O)c2cccs2)C(C)C)C1. The molecule has 0 aromatic carbocycles. The van der Waals surface area contributed by atoms with Crippen LogP contribution in [0.4, 0.5) is 0 Å². The topological polar surface area (TPSA) is 61.4 Å². The molecule has 1 saturated heterocycles. The van der Waals surface area contributed by atoms with Crippen LogP contribution in [0, 0.1) is 17.8 Å². The lowest BCUT2D eigenvalue weighted by molar-refractivity contribution is -0.124. The summed E-state index contributed by atoms with van der Waals surface area (Å²) in [5, 5.41) is 7.85. The highest BCUT2D eigenvalue weighted by molar-refractivity contribution is 7.12. The fraction of sp³-hybridized carbons (Fsp3) is 0.714. The molecule has 1 aliphatic rings. The molecule has 2 heterocycles. The molecular formula is C21H35N3O2S. The zero-order valence-corrected chi connectivity index (χ0v) is 18.4. The first-order valence-corrected chi connectivity index (χ1v) is 10.8. The van der Waals surface area contributed by atoms with Gasteiger partial charge in [0.1, 0.15) is 6.04 Å². The fourth-order valence-corrected chi connectivity index (χ4v) is 4.46. The first-order chi connectivity index (χ1) is 12.6. The number of nitrogens with one attached hydrogen (secondary N) is 2. The largest absolute Gasteiger partial charge is 0.352 e. The van der Waals surface area contributed by atoms with Crippen molar-refractivity contribution in [2.45, 2.75) is 59.5 Å². The molecule has 1 aromatic heterocycles. The summed E-state index contributed by atoms with van der Waals surface area (Å²) in [7, 11) is 0. The van der Waals surface area contributed by atoms with E-state index in [0.29, 0.717) is 23.3 Å². The predicted octanol–water partition coefficient (Wildman–Crippen LogP) is 3.38. The highest BCUT2D eigenvalue weighted by Gasteiger charge is 2.34. The monoisotopic (exact) mass is 393 g/mol. The number of hydrogen-bond acceptors (Lipinski definition) is 4. The van der Waals surface area contributed by atoms with Gasteiger partial charge in [0.15, 0.2) is 0 Å². The molecule has 2 amide bonds. The van der Waals surface area contributed by atoms with Gasteiger partial charge in [0.25, 0.3) is 5.91 Å². The summed E-state index contributed by atoms with van der Waals surface area (Å²) in [6.07, 6.45) is 1.27. The third kappa shape index (κ3) is 6.04. The van der Waals surface area contributed by atoms with Crippen LogP contribution in [0.3, 0.4) is 0 Å². The van der Waals surface area contributed by atoms with Gasteiger partial charge in [0, 0.05) is 25.2 Å². The molecule has 1 aliphatic heterocycles. The average Bonchev–Trinajstić information content (AvgIpc) is 3.11. The van der Waals surface area contributed by atoms with E-state index in [4.69, 9.17) is 0 Å². The second-order valence-corrected chi connectivity index (χ2v) is 10.0. The van der Waals surface area contributed by atoms with Crippen LogP contribution in [0.25, 0.3) is 0 Å². The highest BCUT2D eigenvalue weighted by Crippen LogP contribution is 2.26. The molecule has 1 aromatic rings. The first-order valence-electron chi connectivity index (χ1n) is 9.97. The minimum atomic E-state index is -0.533. The van der Waals surface area contributed by atoms with Gasteiger partial charge in [-0.1, -0.05) is 33.8 Å². The Labute approximate surface area is 167 Å². The number of hydrogen-bond donors (Lipinski definition) is 2. The van der Waals surface area contributed by atoms with Crippen molar-refractivity contribution < 1.29 is 9.59 Å². The zero-order valence-electron chi connectivity index (χ0n) is 17.5. The first kappa shape index (κ1) is 21.9. The van der Waals surface area contributed by atoms with Gasteiger partial charge >= 0.3 is 0 Å². The van der Waals surface area contributed by atoms with Gasteiger partial charge in [-0.3, -0.25) is 14.5 Å². The smallest absolute Gasteiger partial charge is 0.262 e. The van der Waals surface area contributed by atoms with E-state index < -0.39 is 6.04 Å². The summed E-state index contributed by atoms with van der Waals surface area (Å²) >= 11 is 1.38. The summed E-state index contributed by atoms with van der Waals surface area (Å²) in [5.41, 5.74) is -0.113. The number of rotatable bonds is 7. The quantitative estimate of drug-likeness (QED) is 0.747. The van der Waals surface area contributed by atoms with Crippen LogP contribution in [-0.4, -0.2) is 47.9 Å². The summed E-state index contributed by atoms with van der Waals surface area (Å²) in [5.74, 6) is 1.08. The molecule has 6 heteroatoms. The molecule has 152 valence electrons. The van der Waals surface area contributed by atoms with Crippen molar-refractivity contribution >= 4 is 23.2 Å². The van der Waals surface area contributed by atoms with Crippen LogP contribution in [0.15, 0.2) is 17.5 Å². The van der Waals surface area contributed by atoms with Crippen molar-refractivity contribution in [3.8, 4) is 0 Å². The average molecular weight is 394 g/mol. The Hall–Kier alpha value is -1.40. The maximum Gasteiger partial charge on any atom is 0.262 e. The molecule has 0 aliphatic carbocycles. The van der Waals surface area contributed by atoms with E-state index in [1.807, 2.05) is 25.3 Å². The van der Waals surface area contributed by atoms with Crippen LogP contribution < -0.4 is 10.6 Å². The molecule has 2 rings (SSSR count). The molecule has 3 unspecified atom stereocenters. The van der Waals surface area contributed by atoms with Crippen LogP contribution >= 0.6 is 11.3 Å². The van der Waals surface area contributed by atoms with Gasteiger partial charge in [0.2, 0.25) is 5.91 Å². The summed E-state index contributed by atoms with van der Waals surface area (Å²) in [6.45, 7) is 15.6. The molecule has 0 saturated carbocycles. The van der Waals surface area contributed by atoms with E-state index in [9.17, 15) is 9.59 Å². The molecular weight excluding hydrogens is 358 g/mol. The fourth-order valence-electron chi connectivity index (χ4n) is 3.84. The second-order valence-electron chi connectivity index (χ2n) is 9.05. The maximum atomic E-state index is 12.8. The van der Waals surface area contributed by atoms with Crippen molar-refractivity contribution in [1.82, 2.24) is 15.5 Å². The number of carbonyl (C=O) groups excluding carboxylic acids is 2. The number of piperidine rings is 1.